The minimum absolute atomic E-state index is 0.0320. The van der Waals surface area contributed by atoms with Gasteiger partial charge >= 0.3 is 0 Å². The number of nitrogens with two attached hydrogens (primary N) is 1. The Hall–Kier alpha value is -1.26. The Labute approximate surface area is 115 Å². The summed E-state index contributed by atoms with van der Waals surface area (Å²) in [6, 6.07) is 4.16. The standard InChI is InChI=1S/C15H24N2O2/c1-11-7-13-14(19-10-18-13)8-12(11)5-6-17(4)15(2,3)9-16/h7-8H,5-6,9-10,16H2,1-4H3. The number of benzene rings is 1. The first-order chi connectivity index (χ1) is 8.94. The summed E-state index contributed by atoms with van der Waals surface area (Å²) in [7, 11) is 2.12. The van der Waals surface area contributed by atoms with Gasteiger partial charge in [0.2, 0.25) is 6.79 Å². The van der Waals surface area contributed by atoms with Crippen molar-refractivity contribution in [2.45, 2.75) is 32.7 Å². The maximum atomic E-state index is 5.80. The summed E-state index contributed by atoms with van der Waals surface area (Å²) in [5.74, 6) is 1.72. The van der Waals surface area contributed by atoms with E-state index in [1.807, 2.05) is 0 Å². The van der Waals surface area contributed by atoms with E-state index in [-0.39, 0.29) is 5.54 Å². The number of aryl methyl sites for hydroxylation is 1. The molecule has 0 amide bonds. The van der Waals surface area contributed by atoms with Crippen LogP contribution in [0.1, 0.15) is 25.0 Å². The van der Waals surface area contributed by atoms with Gasteiger partial charge in [0.1, 0.15) is 0 Å². The summed E-state index contributed by atoms with van der Waals surface area (Å²) in [6.07, 6.45) is 0.988. The number of hydrogen-bond acceptors (Lipinski definition) is 4. The molecule has 0 saturated carbocycles. The third-order valence-electron chi connectivity index (χ3n) is 4.08. The van der Waals surface area contributed by atoms with Gasteiger partial charge in [0, 0.05) is 18.6 Å². The number of likely N-dealkylation sites (N-methyl/N-ethyl adjacent to an activating group) is 1. The van der Waals surface area contributed by atoms with E-state index in [1.54, 1.807) is 0 Å². The van der Waals surface area contributed by atoms with Crippen LogP contribution in [0.4, 0.5) is 0 Å². The van der Waals surface area contributed by atoms with Crippen LogP contribution in [0.25, 0.3) is 0 Å². The van der Waals surface area contributed by atoms with E-state index in [9.17, 15) is 0 Å². The molecule has 0 atom stereocenters. The lowest BCUT2D eigenvalue weighted by Gasteiger charge is -2.34. The summed E-state index contributed by atoms with van der Waals surface area (Å²) < 4.78 is 10.8. The van der Waals surface area contributed by atoms with Crippen LogP contribution < -0.4 is 15.2 Å². The quantitative estimate of drug-likeness (QED) is 0.883. The van der Waals surface area contributed by atoms with Crippen molar-refractivity contribution in [2.24, 2.45) is 5.73 Å². The van der Waals surface area contributed by atoms with Crippen molar-refractivity contribution >= 4 is 0 Å². The van der Waals surface area contributed by atoms with E-state index in [2.05, 4.69) is 44.9 Å². The van der Waals surface area contributed by atoms with Gasteiger partial charge in [-0.2, -0.15) is 0 Å². The third kappa shape index (κ3) is 3.01. The largest absolute Gasteiger partial charge is 0.454 e. The summed E-state index contributed by atoms with van der Waals surface area (Å²) in [5.41, 5.74) is 8.40. The predicted molar refractivity (Wildman–Crippen MR) is 76.8 cm³/mol. The number of fused-ring (bicyclic) bond motifs is 1. The Balaban J connectivity index is 2.04. The van der Waals surface area contributed by atoms with Crippen molar-refractivity contribution in [3.05, 3.63) is 23.3 Å². The molecule has 2 N–H and O–H groups in total. The Morgan fingerprint density at radius 1 is 1.26 bits per heavy atom. The molecule has 2 rings (SSSR count). The highest BCUT2D eigenvalue weighted by Gasteiger charge is 2.22. The van der Waals surface area contributed by atoms with Gasteiger partial charge < -0.3 is 15.2 Å². The summed E-state index contributed by atoms with van der Waals surface area (Å²) in [4.78, 5) is 2.30. The molecule has 19 heavy (non-hydrogen) atoms. The molecule has 0 aromatic heterocycles. The average molecular weight is 264 g/mol. The number of nitrogens with zero attached hydrogens (tertiary/aromatic N) is 1. The van der Waals surface area contributed by atoms with Gasteiger partial charge in [0.25, 0.3) is 0 Å². The minimum Gasteiger partial charge on any atom is -0.454 e. The van der Waals surface area contributed by atoms with Gasteiger partial charge in [-0.05, 0) is 57.5 Å². The van der Waals surface area contributed by atoms with Crippen LogP contribution >= 0.6 is 0 Å². The number of ether oxygens (including phenoxy) is 2. The van der Waals surface area contributed by atoms with Gasteiger partial charge in [-0.1, -0.05) is 0 Å². The molecule has 0 saturated heterocycles. The molecule has 0 bridgehead atoms. The van der Waals surface area contributed by atoms with Crippen LogP contribution in [0.15, 0.2) is 12.1 Å². The molecule has 1 aromatic carbocycles. The van der Waals surface area contributed by atoms with Crippen molar-refractivity contribution < 1.29 is 9.47 Å². The van der Waals surface area contributed by atoms with Crippen molar-refractivity contribution in [3.63, 3.8) is 0 Å². The van der Waals surface area contributed by atoms with Crippen LogP contribution in [0.2, 0.25) is 0 Å². The van der Waals surface area contributed by atoms with Crippen molar-refractivity contribution in [2.75, 3.05) is 26.9 Å². The van der Waals surface area contributed by atoms with Crippen molar-refractivity contribution in [1.29, 1.82) is 0 Å². The molecule has 1 aliphatic rings. The van der Waals surface area contributed by atoms with E-state index < -0.39 is 0 Å². The zero-order valence-electron chi connectivity index (χ0n) is 12.3. The van der Waals surface area contributed by atoms with Crippen LogP contribution in [0, 0.1) is 6.92 Å². The molecule has 4 heteroatoms. The monoisotopic (exact) mass is 264 g/mol. The molecule has 0 unspecified atom stereocenters. The SMILES string of the molecule is Cc1cc2c(cc1CCN(C)C(C)(C)CN)OCO2. The molecule has 0 spiro atoms. The van der Waals surface area contributed by atoms with E-state index >= 15 is 0 Å². The fourth-order valence-corrected chi connectivity index (χ4v) is 2.10. The first-order valence-corrected chi connectivity index (χ1v) is 6.74. The second-order valence-electron chi connectivity index (χ2n) is 5.82. The second-order valence-corrected chi connectivity index (χ2v) is 5.82. The van der Waals surface area contributed by atoms with E-state index in [0.717, 1.165) is 24.5 Å². The topological polar surface area (TPSA) is 47.7 Å². The lowest BCUT2D eigenvalue weighted by molar-refractivity contribution is 0.166. The molecule has 1 heterocycles. The molecule has 4 nitrogen and oxygen atoms in total. The maximum absolute atomic E-state index is 5.80. The Morgan fingerprint density at radius 2 is 1.89 bits per heavy atom. The average Bonchev–Trinajstić information content (AvgIpc) is 2.82. The molecular weight excluding hydrogens is 240 g/mol. The zero-order chi connectivity index (χ0) is 14.0. The first kappa shape index (κ1) is 14.2. The number of rotatable bonds is 5. The van der Waals surface area contributed by atoms with Gasteiger partial charge in [0.15, 0.2) is 11.5 Å². The lowest BCUT2D eigenvalue weighted by Crippen LogP contribution is -2.47. The van der Waals surface area contributed by atoms with Crippen molar-refractivity contribution in [3.8, 4) is 11.5 Å². The molecule has 106 valence electrons. The molecule has 0 aliphatic carbocycles. The molecule has 1 aromatic rings. The highest BCUT2D eigenvalue weighted by molar-refractivity contribution is 5.48. The maximum Gasteiger partial charge on any atom is 0.231 e. The van der Waals surface area contributed by atoms with Gasteiger partial charge in [-0.15, -0.1) is 0 Å². The Bertz CT molecular complexity index is 458. The van der Waals surface area contributed by atoms with Crippen LogP contribution in [0.5, 0.6) is 11.5 Å². The molecule has 0 fully saturated rings. The van der Waals surface area contributed by atoms with Crippen LogP contribution in [-0.2, 0) is 6.42 Å². The smallest absolute Gasteiger partial charge is 0.231 e. The fourth-order valence-electron chi connectivity index (χ4n) is 2.10. The van der Waals surface area contributed by atoms with Gasteiger partial charge in [-0.3, -0.25) is 4.90 Å². The zero-order valence-corrected chi connectivity index (χ0v) is 12.3. The summed E-state index contributed by atoms with van der Waals surface area (Å²) in [5, 5.41) is 0. The predicted octanol–water partition coefficient (Wildman–Crippen LogP) is 1.94. The normalized spacial score (nSPS) is 14.2. The highest BCUT2D eigenvalue weighted by atomic mass is 16.7. The minimum atomic E-state index is 0.0320. The Kier molecular flexibility index (Phi) is 4.02. The van der Waals surface area contributed by atoms with Crippen molar-refractivity contribution in [1.82, 2.24) is 4.90 Å². The fraction of sp³-hybridized carbons (Fsp3) is 0.600. The third-order valence-corrected chi connectivity index (χ3v) is 4.08. The second kappa shape index (κ2) is 5.39. The lowest BCUT2D eigenvalue weighted by atomic mass is 10.0. The molecule has 1 aliphatic heterocycles. The highest BCUT2D eigenvalue weighted by Crippen LogP contribution is 2.34. The van der Waals surface area contributed by atoms with E-state index in [4.69, 9.17) is 15.2 Å². The van der Waals surface area contributed by atoms with E-state index in [0.29, 0.717) is 13.3 Å². The van der Waals surface area contributed by atoms with Gasteiger partial charge in [0.05, 0.1) is 0 Å². The van der Waals surface area contributed by atoms with Crippen LogP contribution in [0.3, 0.4) is 0 Å². The van der Waals surface area contributed by atoms with Gasteiger partial charge in [-0.25, -0.2) is 0 Å². The summed E-state index contributed by atoms with van der Waals surface area (Å²) in [6.45, 7) is 8.41. The molecule has 0 radical (unpaired) electrons. The molecular formula is C15H24N2O2. The Morgan fingerprint density at radius 3 is 2.53 bits per heavy atom. The first-order valence-electron chi connectivity index (χ1n) is 6.74. The summed E-state index contributed by atoms with van der Waals surface area (Å²) >= 11 is 0. The van der Waals surface area contributed by atoms with E-state index in [1.165, 1.54) is 11.1 Å². The number of hydrogen-bond donors (Lipinski definition) is 1. The van der Waals surface area contributed by atoms with Crippen LogP contribution in [-0.4, -0.2) is 37.4 Å².